The van der Waals surface area contributed by atoms with Crippen LogP contribution < -0.4 is 5.32 Å². The van der Waals surface area contributed by atoms with E-state index in [9.17, 15) is 0 Å². The number of nitrogens with zero attached hydrogens (tertiary/aromatic N) is 3. The Bertz CT molecular complexity index is 833. The summed E-state index contributed by atoms with van der Waals surface area (Å²) in [5.74, 6) is 0. The molecule has 2 heterocycles. The summed E-state index contributed by atoms with van der Waals surface area (Å²) in [4.78, 5) is 10.6. The predicted molar refractivity (Wildman–Crippen MR) is 122 cm³/mol. The third-order valence-corrected chi connectivity index (χ3v) is 6.26. The van der Waals surface area contributed by atoms with Gasteiger partial charge in [0.05, 0.1) is 10.6 Å². The zero-order valence-electron chi connectivity index (χ0n) is 16.4. The molecule has 0 radical (unpaired) electrons. The minimum Gasteiger partial charge on any atom is -0.341 e. The van der Waals surface area contributed by atoms with Gasteiger partial charge in [0.2, 0.25) is 0 Å². The van der Waals surface area contributed by atoms with E-state index >= 15 is 0 Å². The van der Waals surface area contributed by atoms with E-state index in [1.165, 1.54) is 4.88 Å². The number of halogens is 2. The van der Waals surface area contributed by atoms with Crippen LogP contribution in [0, 0.1) is 0 Å². The van der Waals surface area contributed by atoms with Gasteiger partial charge in [-0.2, -0.15) is 0 Å². The molecule has 2 aromatic rings. The average Bonchev–Trinajstić information content (AvgIpc) is 3.21. The van der Waals surface area contributed by atoms with Gasteiger partial charge >= 0.3 is 0 Å². The first kappa shape index (κ1) is 21.3. The molecule has 1 aliphatic rings. The first-order valence-corrected chi connectivity index (χ1v) is 10.9. The predicted octanol–water partition coefficient (Wildman–Crippen LogP) is 4.74. The standard InChI is InChI=1S/C21H26Cl2N4S/c1-24-21-25-19(20-5-4-12-28-20)9-11-27(21)17(8-10-26(2)3)13-15-6-7-16(22)14-18(15)23/h4-7,9,11-12,14,17,21,24H,8,10,13H2,1-3H3/t17-,21?/m1/s1. The maximum absolute atomic E-state index is 6.46. The normalized spacial score (nSPS) is 17.9. The van der Waals surface area contributed by atoms with Gasteiger partial charge in [-0.1, -0.05) is 35.3 Å². The molecule has 150 valence electrons. The second-order valence-corrected chi connectivity index (χ2v) is 8.89. The Morgan fingerprint density at radius 1 is 1.29 bits per heavy atom. The zero-order valence-corrected chi connectivity index (χ0v) is 18.7. The molecule has 0 saturated carbocycles. The maximum Gasteiger partial charge on any atom is 0.176 e. The fourth-order valence-corrected chi connectivity index (χ4v) is 4.48. The molecular formula is C21H26Cl2N4S. The van der Waals surface area contributed by atoms with Gasteiger partial charge in [0.1, 0.15) is 0 Å². The molecule has 0 fully saturated rings. The molecule has 1 aromatic carbocycles. The first-order chi connectivity index (χ1) is 13.5. The molecule has 2 atom stereocenters. The van der Waals surface area contributed by atoms with E-state index in [1.54, 1.807) is 11.3 Å². The summed E-state index contributed by atoms with van der Waals surface area (Å²) in [6.45, 7) is 0.984. The van der Waals surface area contributed by atoms with Crippen molar-refractivity contribution in [2.45, 2.75) is 25.2 Å². The monoisotopic (exact) mass is 436 g/mol. The number of rotatable bonds is 8. The number of nitrogens with one attached hydrogen (secondary N) is 1. The van der Waals surface area contributed by atoms with Crippen LogP contribution in [-0.4, -0.2) is 55.5 Å². The van der Waals surface area contributed by atoms with E-state index in [-0.39, 0.29) is 12.3 Å². The van der Waals surface area contributed by atoms with E-state index in [0.717, 1.165) is 30.7 Å². The second kappa shape index (κ2) is 9.90. The summed E-state index contributed by atoms with van der Waals surface area (Å²) in [6.07, 6.45) is 5.98. The van der Waals surface area contributed by atoms with Crippen molar-refractivity contribution in [1.29, 1.82) is 0 Å². The molecule has 0 aliphatic carbocycles. The molecule has 3 rings (SSSR count). The largest absolute Gasteiger partial charge is 0.341 e. The average molecular weight is 437 g/mol. The second-order valence-electron chi connectivity index (χ2n) is 7.10. The van der Waals surface area contributed by atoms with Gasteiger partial charge in [0.15, 0.2) is 6.29 Å². The lowest BCUT2D eigenvalue weighted by molar-refractivity contribution is 0.164. The summed E-state index contributed by atoms with van der Waals surface area (Å²) in [7, 11) is 6.15. The van der Waals surface area contributed by atoms with E-state index in [0.29, 0.717) is 10.0 Å². The molecular weight excluding hydrogens is 411 g/mol. The number of allylic oxidation sites excluding steroid dienone is 1. The van der Waals surface area contributed by atoms with Crippen LogP contribution in [0.15, 0.2) is 53.0 Å². The van der Waals surface area contributed by atoms with Crippen LogP contribution in [0.4, 0.5) is 0 Å². The van der Waals surface area contributed by atoms with E-state index in [2.05, 4.69) is 59.0 Å². The van der Waals surface area contributed by atoms with Crippen LogP contribution in [0.25, 0.3) is 0 Å². The van der Waals surface area contributed by atoms with E-state index < -0.39 is 0 Å². The van der Waals surface area contributed by atoms with Crippen LogP contribution in [0.1, 0.15) is 16.9 Å². The van der Waals surface area contributed by atoms with Crippen LogP contribution in [0.2, 0.25) is 10.0 Å². The van der Waals surface area contributed by atoms with Gasteiger partial charge in [-0.05, 0) is 75.7 Å². The third kappa shape index (κ3) is 5.37. The Morgan fingerprint density at radius 3 is 2.75 bits per heavy atom. The van der Waals surface area contributed by atoms with Crippen molar-refractivity contribution in [2.24, 2.45) is 4.99 Å². The minimum atomic E-state index is -0.111. The summed E-state index contributed by atoms with van der Waals surface area (Å²) < 4.78 is 0. The van der Waals surface area contributed by atoms with Crippen molar-refractivity contribution in [2.75, 3.05) is 27.7 Å². The van der Waals surface area contributed by atoms with Crippen molar-refractivity contribution in [3.05, 3.63) is 68.5 Å². The van der Waals surface area contributed by atoms with Crippen molar-refractivity contribution < 1.29 is 0 Å². The Morgan fingerprint density at radius 2 is 2.11 bits per heavy atom. The molecule has 0 bridgehead atoms. The van der Waals surface area contributed by atoms with Gasteiger partial charge in [-0.3, -0.25) is 5.32 Å². The van der Waals surface area contributed by atoms with E-state index in [4.69, 9.17) is 28.2 Å². The quantitative estimate of drug-likeness (QED) is 0.647. The summed E-state index contributed by atoms with van der Waals surface area (Å²) in [6, 6.07) is 10.2. The highest BCUT2D eigenvalue weighted by Crippen LogP contribution is 2.26. The lowest BCUT2D eigenvalue weighted by Gasteiger charge is -2.38. The molecule has 0 spiro atoms. The summed E-state index contributed by atoms with van der Waals surface area (Å²) >= 11 is 14.2. The SMILES string of the molecule is CNC1N=C(c2cccs2)C=CN1[C@H](CCN(C)C)Cc1ccc(Cl)cc1Cl. The molecule has 28 heavy (non-hydrogen) atoms. The number of hydrogen-bond acceptors (Lipinski definition) is 5. The third-order valence-electron chi connectivity index (χ3n) is 4.78. The fourth-order valence-electron chi connectivity index (χ4n) is 3.29. The molecule has 1 aromatic heterocycles. The van der Waals surface area contributed by atoms with Crippen molar-refractivity contribution in [1.82, 2.24) is 15.1 Å². The minimum absolute atomic E-state index is 0.111. The van der Waals surface area contributed by atoms with Crippen molar-refractivity contribution in [3.63, 3.8) is 0 Å². The Labute approximate surface area is 181 Å². The summed E-state index contributed by atoms with van der Waals surface area (Å²) in [5, 5.41) is 6.80. The van der Waals surface area contributed by atoms with Gasteiger partial charge < -0.3 is 9.80 Å². The first-order valence-electron chi connectivity index (χ1n) is 9.31. The molecule has 0 amide bonds. The lowest BCUT2D eigenvalue weighted by atomic mass is 10.0. The molecule has 4 nitrogen and oxygen atoms in total. The van der Waals surface area contributed by atoms with Crippen LogP contribution in [0.3, 0.4) is 0 Å². The highest BCUT2D eigenvalue weighted by molar-refractivity contribution is 7.12. The Hall–Kier alpha value is -1.37. The van der Waals surface area contributed by atoms with Crippen LogP contribution in [0.5, 0.6) is 0 Å². The number of hydrogen-bond donors (Lipinski definition) is 1. The van der Waals surface area contributed by atoms with Crippen LogP contribution >= 0.6 is 34.5 Å². The van der Waals surface area contributed by atoms with Gasteiger partial charge in [-0.25, -0.2) is 4.99 Å². The highest BCUT2D eigenvalue weighted by Gasteiger charge is 2.26. The topological polar surface area (TPSA) is 30.9 Å². The number of thiophene rings is 1. The summed E-state index contributed by atoms with van der Waals surface area (Å²) in [5.41, 5.74) is 2.12. The number of aliphatic imine (C=N–C) groups is 1. The molecule has 7 heteroatoms. The van der Waals surface area contributed by atoms with E-state index in [1.807, 2.05) is 25.2 Å². The number of benzene rings is 1. The molecule has 1 unspecified atom stereocenters. The molecule has 1 aliphatic heterocycles. The lowest BCUT2D eigenvalue weighted by Crippen LogP contribution is -2.49. The van der Waals surface area contributed by atoms with Gasteiger partial charge in [-0.15, -0.1) is 11.3 Å². The molecule has 1 N–H and O–H groups in total. The van der Waals surface area contributed by atoms with Crippen molar-refractivity contribution >= 4 is 40.3 Å². The van der Waals surface area contributed by atoms with Crippen molar-refractivity contribution in [3.8, 4) is 0 Å². The fraction of sp³-hybridized carbons (Fsp3) is 0.381. The smallest absolute Gasteiger partial charge is 0.176 e. The van der Waals surface area contributed by atoms with Crippen LogP contribution in [-0.2, 0) is 6.42 Å². The zero-order chi connectivity index (χ0) is 20.1. The Balaban J connectivity index is 1.83. The molecule has 0 saturated heterocycles. The van der Waals surface area contributed by atoms with Gasteiger partial charge in [0, 0.05) is 22.3 Å². The highest BCUT2D eigenvalue weighted by atomic mass is 35.5. The Kier molecular flexibility index (Phi) is 7.55. The van der Waals surface area contributed by atoms with Gasteiger partial charge in [0.25, 0.3) is 0 Å². The maximum atomic E-state index is 6.46.